The molecule has 0 saturated carbocycles. The summed E-state index contributed by atoms with van der Waals surface area (Å²) in [6.45, 7) is 23.3. The highest BCUT2D eigenvalue weighted by Gasteiger charge is 2.64. The van der Waals surface area contributed by atoms with Crippen molar-refractivity contribution in [2.45, 2.75) is 172 Å². The van der Waals surface area contributed by atoms with Gasteiger partial charge in [0, 0.05) is 72.0 Å². The summed E-state index contributed by atoms with van der Waals surface area (Å²) >= 11 is 0. The topological polar surface area (TPSA) is 250 Å². The van der Waals surface area contributed by atoms with Gasteiger partial charge in [0.15, 0.2) is 0 Å². The molecule has 0 aliphatic carbocycles. The van der Waals surface area contributed by atoms with Crippen LogP contribution >= 0.6 is 40.5 Å². The summed E-state index contributed by atoms with van der Waals surface area (Å²) in [7, 11) is -1.00. The average Bonchev–Trinajstić information content (AvgIpc) is 1.76. The zero-order valence-electron chi connectivity index (χ0n) is 81.2. The first-order valence-electron chi connectivity index (χ1n) is 48.7. The van der Waals surface area contributed by atoms with Crippen LogP contribution in [0.15, 0.2) is 273 Å². The highest BCUT2D eigenvalue weighted by molar-refractivity contribution is 7.59. The number of esters is 2. The maximum absolute atomic E-state index is 14.3. The van der Waals surface area contributed by atoms with Crippen LogP contribution in [0.5, 0.6) is 0 Å². The molecule has 12 atom stereocenters. The fraction of sp³-hybridized carbons (Fsp3) is 0.432. The molecule has 22 nitrogen and oxygen atoms in total. The minimum atomic E-state index is -1.00. The summed E-state index contributed by atoms with van der Waals surface area (Å²) in [4.78, 5) is 133. The van der Waals surface area contributed by atoms with Gasteiger partial charge in [0.2, 0.25) is 29.5 Å². The van der Waals surface area contributed by atoms with Crippen molar-refractivity contribution in [2.75, 3.05) is 98.9 Å². The van der Waals surface area contributed by atoms with Crippen LogP contribution < -0.4 is 5.32 Å². The maximum atomic E-state index is 14.3. The number of alkyl halides is 1. The lowest BCUT2D eigenvalue weighted by molar-refractivity contribution is -0.157. The number of hydrogen-bond donors (Lipinski definition) is 3. The molecule has 26 heteroatoms. The van der Waals surface area contributed by atoms with Crippen molar-refractivity contribution in [3.8, 4) is 0 Å². The van der Waals surface area contributed by atoms with E-state index in [1.807, 2.05) is 179 Å². The minimum absolute atomic E-state index is 0. The molecule has 3 N–H and O–H groups in total. The summed E-state index contributed by atoms with van der Waals surface area (Å²) in [5.41, 5.74) is 6.40. The molecule has 5 amide bonds. The fourth-order valence-corrected chi connectivity index (χ4v) is 22.2. The quantitative estimate of drug-likeness (QED) is 0.0164. The number of carbonyl (C=O) groups excluding carboxylic acids is 7. The Balaban J connectivity index is 0.000000180. The molecule has 3 unspecified atom stereocenters. The number of amides is 5. The van der Waals surface area contributed by atoms with Crippen LogP contribution in [0.25, 0.3) is 0 Å². The summed E-state index contributed by atoms with van der Waals surface area (Å²) in [5.74, 6) is -2.34. The van der Waals surface area contributed by atoms with Crippen LogP contribution in [0.3, 0.4) is 0 Å². The number of halogens is 1. The van der Waals surface area contributed by atoms with Gasteiger partial charge in [-0.05, 0) is 126 Å². The largest absolute Gasteiger partial charge is 0.480 e. The third-order valence-electron chi connectivity index (χ3n) is 29.0. The summed E-state index contributed by atoms with van der Waals surface area (Å²) in [6.07, 6.45) is 7.79. The predicted molar refractivity (Wildman–Crippen MR) is 546 cm³/mol. The fourth-order valence-electron chi connectivity index (χ4n) is 22.2. The van der Waals surface area contributed by atoms with E-state index < -0.39 is 70.7 Å². The number of benzene rings is 9. The number of nitrogens with zero attached hydrogens (tertiary/aromatic N) is 8. The third kappa shape index (κ3) is 21.6. The Morgan fingerprint density at radius 2 is 0.628 bits per heavy atom. The number of carboxylic acids is 2. The van der Waals surface area contributed by atoms with Crippen molar-refractivity contribution in [2.24, 2.45) is 34.0 Å². The Labute approximate surface area is 830 Å². The van der Waals surface area contributed by atoms with Crippen molar-refractivity contribution in [1.82, 2.24) is 44.5 Å². The van der Waals surface area contributed by atoms with Crippen LogP contribution in [0.1, 0.15) is 171 Å². The SMILES string of the molecule is CC(C)[C@@H](C(=O)O)N1CC[C@]2(CCN(C(=O)[C@H]3CN3C(c3ccccc3)(c3ccccc3)c3ccccc3)C2)C1=O.CCCCOC(=O)[C@H](C(C)C)N1CC[C@]2(CCN(C(=O)[C@H]3CN3C(c3ccccc3)(c3ccccc3)c3ccccc3)C2)C1=O.CCCCOC(=O)[C@H](C(C)C)N1CC[C@]2(CCNC2)C1=O.O=C(O)[C@H]1CN1C(c1ccccc1)(c1ccccc1)c1ccccc1.S.S.S.[2H]CF. The molecule has 0 bridgehead atoms. The van der Waals surface area contributed by atoms with Gasteiger partial charge in [-0.3, -0.25) is 47.9 Å². The predicted octanol–water partition coefficient (Wildman–Crippen LogP) is 15.9. The van der Waals surface area contributed by atoms with E-state index in [1.54, 1.807) is 9.80 Å². The van der Waals surface area contributed by atoms with E-state index in [0.29, 0.717) is 104 Å². The molecular weight excluding hydrogens is 1780 g/mol. The molecule has 3 spiro atoms. The summed E-state index contributed by atoms with van der Waals surface area (Å²) in [6, 6.07) is 89.9. The normalized spacial score (nSPS) is 22.9. The number of carbonyl (C=O) groups is 9. The number of unbranched alkanes of at least 4 members (excludes halogenated alkanes) is 2. The zero-order valence-corrected chi connectivity index (χ0v) is 83.2. The average molecular weight is 1920 g/mol. The molecule has 0 radical (unpaired) electrons. The number of nitrogens with one attached hydrogen (secondary N) is 1. The van der Waals surface area contributed by atoms with Crippen LogP contribution in [0.4, 0.5) is 4.39 Å². The van der Waals surface area contributed by atoms with Crippen LogP contribution in [0.2, 0.25) is 0 Å². The number of carboxylic acid groups (broad SMARTS) is 2. The second-order valence-electron chi connectivity index (χ2n) is 38.2. The number of rotatable bonds is 30. The van der Waals surface area contributed by atoms with E-state index in [-0.39, 0.29) is 117 Å². The first-order valence-corrected chi connectivity index (χ1v) is 48.0. The highest BCUT2D eigenvalue weighted by atomic mass is 32.1. The van der Waals surface area contributed by atoms with E-state index in [0.717, 1.165) is 102 Å². The van der Waals surface area contributed by atoms with Crippen molar-refractivity contribution < 1.29 is 68.6 Å². The van der Waals surface area contributed by atoms with Gasteiger partial charge >= 0.3 is 23.9 Å². The Morgan fingerprint density at radius 3 is 0.861 bits per heavy atom. The molecule has 18 rings (SSSR count). The van der Waals surface area contributed by atoms with Gasteiger partial charge < -0.3 is 49.5 Å². The zero-order chi connectivity index (χ0) is 95.8. The van der Waals surface area contributed by atoms with Gasteiger partial charge in [-0.1, -0.05) is 341 Å². The molecule has 9 aromatic carbocycles. The molecule has 9 saturated heterocycles. The van der Waals surface area contributed by atoms with E-state index >= 15 is 0 Å². The van der Waals surface area contributed by atoms with Crippen molar-refractivity contribution in [1.29, 1.82) is 0 Å². The molecule has 137 heavy (non-hydrogen) atoms. The molecule has 0 aromatic heterocycles. The number of likely N-dealkylation sites (tertiary alicyclic amines) is 5. The number of ether oxygens (including phenoxy) is 2. The van der Waals surface area contributed by atoms with Crippen molar-refractivity contribution >= 4 is 93.9 Å². The third-order valence-corrected chi connectivity index (χ3v) is 29.0. The maximum Gasteiger partial charge on any atom is 0.329 e. The Bertz CT molecular complexity index is 5220. The Hall–Kier alpha value is -11.0. The van der Waals surface area contributed by atoms with Gasteiger partial charge in [0.05, 0.1) is 54.6 Å². The van der Waals surface area contributed by atoms with Gasteiger partial charge in [-0.25, -0.2) is 14.4 Å². The van der Waals surface area contributed by atoms with E-state index in [2.05, 4.69) is 179 Å². The number of aliphatic carboxylic acids is 2. The lowest BCUT2D eigenvalue weighted by Crippen LogP contribution is -2.49. The standard InChI is InChI=1S/C38H45N3O4.C34H37N3O4.C22H19NO2.C16H28N2O3.CH3F.3H2S/c1-4-5-25-45-35(43)33(28(2)3)40-24-22-37(36(40)44)21-23-39(27-37)34(42)32-26-41(32)38(29-15-9-6-10-16-29,30-17-11-7-12-18-30)31-19-13-8-14-20-31;1-24(2)29(31(39)40)36-21-19-33(32(36)41)18-20-35(23-33)30(38)28-22-37(28)34(25-12-6-3-7-13-25,26-14-8-4-9-15-26)27-16-10-5-11-17-27;24-21(25)20-16-23(20)22(17-10-4-1-5-11-17,18-12-6-2-7-13-18)19-14-8-3-9-15-19;1-4-5-10-21-14(19)13(12(2)3)18-9-7-16(15(18)20)6-8-17-11-16;1-2;;;/h6-20,28,32-33H,4-5,21-27H2,1-3H3;3-17,24,28-29H,18-23H2,1-2H3,(H,39,40);1-15,20H,16H2,(H,24,25);12-13,17H,4-11H2,1-3H3;1H3;3*1H2/t32-,33+,37+,41?;28-,29+,33+,37?;20-,23?;13-,16-;;;;/m1110..../s1/i;;;;1D;;;. The summed E-state index contributed by atoms with van der Waals surface area (Å²) < 4.78 is 26.4. The van der Waals surface area contributed by atoms with E-state index in [9.17, 15) is 57.8 Å². The Morgan fingerprint density at radius 1 is 0.387 bits per heavy atom. The smallest absolute Gasteiger partial charge is 0.329 e. The van der Waals surface area contributed by atoms with Crippen LogP contribution in [0, 0.1) is 34.0 Å². The minimum Gasteiger partial charge on any atom is -0.480 e. The van der Waals surface area contributed by atoms with E-state index in [4.69, 9.17) is 10.8 Å². The van der Waals surface area contributed by atoms with Crippen LogP contribution in [-0.4, -0.2) is 238 Å². The Kier molecular flexibility index (Phi) is 36.1. The molecule has 9 fully saturated rings. The van der Waals surface area contributed by atoms with Crippen LogP contribution in [-0.2, 0) is 69.2 Å². The van der Waals surface area contributed by atoms with Gasteiger partial charge in [0.25, 0.3) is 0 Å². The second-order valence-corrected chi connectivity index (χ2v) is 38.2. The molecule has 9 heterocycles. The lowest BCUT2D eigenvalue weighted by atomic mass is 9.76. The molecule has 9 aliphatic rings. The first-order chi connectivity index (χ1) is 65.3. The first kappa shape index (κ1) is 105. The van der Waals surface area contributed by atoms with Crippen molar-refractivity contribution in [3.05, 3.63) is 323 Å². The highest BCUT2D eigenvalue weighted by Crippen LogP contribution is 2.54. The van der Waals surface area contributed by atoms with Gasteiger partial charge in [0.1, 0.15) is 36.3 Å². The van der Waals surface area contributed by atoms with Crippen molar-refractivity contribution in [3.63, 3.8) is 0 Å². The second kappa shape index (κ2) is 47.1. The number of hydrogen-bond acceptors (Lipinski definition) is 15. The molecule has 9 aliphatic heterocycles. The van der Waals surface area contributed by atoms with Gasteiger partial charge in [-0.15, -0.1) is 0 Å². The lowest BCUT2D eigenvalue weighted by Gasteiger charge is -2.38. The molecule has 9 aromatic rings. The molecule has 730 valence electrons. The van der Waals surface area contributed by atoms with E-state index in [1.165, 1.54) is 4.90 Å². The monoisotopic (exact) mass is 1920 g/mol. The molecular formula is C111H138FN9O13S3. The van der Waals surface area contributed by atoms with Gasteiger partial charge in [-0.2, -0.15) is 40.5 Å². The summed E-state index contributed by atoms with van der Waals surface area (Å²) in [5, 5.41) is 22.7.